The normalized spacial score (nSPS) is 28.1. The zero-order valence-electron chi connectivity index (χ0n) is 13.7. The van der Waals surface area contributed by atoms with Gasteiger partial charge in [-0.15, -0.1) is 5.10 Å². The number of piperidine rings is 1. The van der Waals surface area contributed by atoms with Crippen molar-refractivity contribution in [3.8, 4) is 0 Å². The molecule has 6 nitrogen and oxygen atoms in total. The van der Waals surface area contributed by atoms with E-state index in [1.807, 2.05) is 4.90 Å². The molecular formula is C16H24N4O2S. The van der Waals surface area contributed by atoms with E-state index in [1.54, 1.807) is 7.11 Å². The summed E-state index contributed by atoms with van der Waals surface area (Å²) >= 11 is 1.41. The molecule has 23 heavy (non-hydrogen) atoms. The number of hydrogen-bond donors (Lipinski definition) is 0. The molecule has 2 aliphatic heterocycles. The molecule has 0 N–H and O–H groups in total. The van der Waals surface area contributed by atoms with Crippen LogP contribution in [0.5, 0.6) is 0 Å². The van der Waals surface area contributed by atoms with Crippen LogP contribution in [0.3, 0.4) is 0 Å². The molecule has 1 spiro atoms. The van der Waals surface area contributed by atoms with E-state index in [-0.39, 0.29) is 11.4 Å². The number of hydrogen-bond acceptors (Lipinski definition) is 6. The molecule has 7 heteroatoms. The van der Waals surface area contributed by atoms with E-state index in [1.165, 1.54) is 37.2 Å². The van der Waals surface area contributed by atoms with Crippen LogP contribution in [0.1, 0.15) is 53.4 Å². The second kappa shape index (κ2) is 6.11. The van der Waals surface area contributed by atoms with Crippen molar-refractivity contribution in [2.75, 3.05) is 39.9 Å². The smallest absolute Gasteiger partial charge is 0.275 e. The minimum absolute atomic E-state index is 0.0957. The molecule has 1 aromatic heterocycles. The van der Waals surface area contributed by atoms with Crippen LogP contribution >= 0.6 is 11.5 Å². The Labute approximate surface area is 141 Å². The molecule has 1 saturated carbocycles. The van der Waals surface area contributed by atoms with Crippen molar-refractivity contribution in [2.45, 2.75) is 43.6 Å². The summed E-state index contributed by atoms with van der Waals surface area (Å²) in [5.41, 5.74) is 0.799. The first-order chi connectivity index (χ1) is 11.2. The molecule has 3 heterocycles. The van der Waals surface area contributed by atoms with Gasteiger partial charge in [0, 0.05) is 38.8 Å². The van der Waals surface area contributed by atoms with Crippen molar-refractivity contribution in [2.24, 2.45) is 0 Å². The Morgan fingerprint density at radius 2 is 2.26 bits per heavy atom. The van der Waals surface area contributed by atoms with Gasteiger partial charge in [-0.05, 0) is 49.6 Å². The minimum atomic E-state index is 0.0957. The minimum Gasteiger partial charge on any atom is -0.383 e. The zero-order chi connectivity index (χ0) is 15.9. The number of carbonyl (C=O) groups is 1. The first kappa shape index (κ1) is 15.5. The Hall–Kier alpha value is -1.05. The van der Waals surface area contributed by atoms with Crippen LogP contribution in [-0.2, 0) is 4.74 Å². The second-order valence-electron chi connectivity index (χ2n) is 7.04. The zero-order valence-corrected chi connectivity index (χ0v) is 14.5. The third kappa shape index (κ3) is 2.79. The van der Waals surface area contributed by atoms with Crippen molar-refractivity contribution in [3.63, 3.8) is 0 Å². The third-order valence-electron chi connectivity index (χ3n) is 5.59. The number of amides is 1. The lowest BCUT2D eigenvalue weighted by Crippen LogP contribution is -2.67. The fourth-order valence-corrected chi connectivity index (χ4v) is 4.80. The maximum atomic E-state index is 12.9. The molecule has 1 amide bonds. The number of carbonyl (C=O) groups excluding carboxylic acids is 1. The first-order valence-corrected chi connectivity index (χ1v) is 9.36. The number of rotatable bonds is 5. The van der Waals surface area contributed by atoms with E-state index in [0.29, 0.717) is 11.6 Å². The summed E-state index contributed by atoms with van der Waals surface area (Å²) in [5, 5.41) is 4.16. The molecule has 126 valence electrons. The lowest BCUT2D eigenvalue weighted by molar-refractivity contribution is -0.0680. The SMILES string of the molecule is COCCN1CCC12CCCN(C(=O)c1nnsc1C1CC1)C2. The van der Waals surface area contributed by atoms with Crippen LogP contribution in [0.15, 0.2) is 0 Å². The Balaban J connectivity index is 1.46. The molecule has 2 saturated heterocycles. The van der Waals surface area contributed by atoms with Crippen LogP contribution < -0.4 is 0 Å². The molecular weight excluding hydrogens is 312 g/mol. The van der Waals surface area contributed by atoms with Gasteiger partial charge in [0.25, 0.3) is 5.91 Å². The van der Waals surface area contributed by atoms with Gasteiger partial charge in [0.1, 0.15) is 0 Å². The largest absolute Gasteiger partial charge is 0.383 e. The highest BCUT2D eigenvalue weighted by Gasteiger charge is 2.48. The maximum absolute atomic E-state index is 12.9. The topological polar surface area (TPSA) is 58.6 Å². The number of likely N-dealkylation sites (tertiary alicyclic amines) is 2. The predicted octanol–water partition coefficient (Wildman–Crippen LogP) is 1.74. The number of aromatic nitrogens is 2. The molecule has 0 bridgehead atoms. The standard InChI is InChI=1S/C16H24N4O2S/c1-22-10-9-20-8-6-16(20)5-2-7-19(11-16)15(21)13-14(12-3-4-12)23-18-17-13/h12H,2-11H2,1H3. The van der Waals surface area contributed by atoms with Crippen LogP contribution in [0.2, 0.25) is 0 Å². The summed E-state index contributed by atoms with van der Waals surface area (Å²) in [6, 6.07) is 0. The molecule has 0 aromatic carbocycles. The van der Waals surface area contributed by atoms with Gasteiger partial charge in [-0.3, -0.25) is 9.69 Å². The highest BCUT2D eigenvalue weighted by atomic mass is 32.1. The van der Waals surface area contributed by atoms with E-state index in [0.717, 1.165) is 44.1 Å². The Kier molecular flexibility index (Phi) is 4.11. The van der Waals surface area contributed by atoms with Crippen molar-refractivity contribution in [1.29, 1.82) is 0 Å². The maximum Gasteiger partial charge on any atom is 0.275 e. The van der Waals surface area contributed by atoms with Gasteiger partial charge in [0.05, 0.1) is 11.5 Å². The second-order valence-corrected chi connectivity index (χ2v) is 7.83. The lowest BCUT2D eigenvalue weighted by atomic mass is 9.77. The molecule has 3 aliphatic rings. The van der Waals surface area contributed by atoms with E-state index < -0.39 is 0 Å². The molecule has 1 unspecified atom stereocenters. The molecule has 1 aromatic rings. The van der Waals surface area contributed by atoms with E-state index in [9.17, 15) is 4.79 Å². The summed E-state index contributed by atoms with van der Waals surface area (Å²) < 4.78 is 9.27. The highest BCUT2D eigenvalue weighted by Crippen LogP contribution is 2.44. The van der Waals surface area contributed by atoms with Gasteiger partial charge in [-0.2, -0.15) is 0 Å². The van der Waals surface area contributed by atoms with Crippen molar-refractivity contribution < 1.29 is 9.53 Å². The fourth-order valence-electron chi connectivity index (χ4n) is 3.99. The van der Waals surface area contributed by atoms with E-state index in [4.69, 9.17) is 4.74 Å². The number of nitrogens with zero attached hydrogens (tertiary/aromatic N) is 4. The average molecular weight is 336 g/mol. The van der Waals surface area contributed by atoms with E-state index >= 15 is 0 Å². The summed E-state index contributed by atoms with van der Waals surface area (Å²) in [6.45, 7) is 4.52. The summed E-state index contributed by atoms with van der Waals surface area (Å²) in [7, 11) is 1.75. The monoisotopic (exact) mass is 336 g/mol. The highest BCUT2D eigenvalue weighted by molar-refractivity contribution is 7.06. The summed E-state index contributed by atoms with van der Waals surface area (Å²) in [6.07, 6.45) is 5.81. The van der Waals surface area contributed by atoms with Gasteiger partial charge in [-0.1, -0.05) is 4.49 Å². The van der Waals surface area contributed by atoms with Gasteiger partial charge in [0.2, 0.25) is 0 Å². The molecule has 1 atom stereocenters. The fraction of sp³-hybridized carbons (Fsp3) is 0.812. The first-order valence-electron chi connectivity index (χ1n) is 8.59. The molecule has 4 rings (SSSR count). The number of methoxy groups -OCH3 is 1. The van der Waals surface area contributed by atoms with Gasteiger partial charge >= 0.3 is 0 Å². The summed E-state index contributed by atoms with van der Waals surface area (Å²) in [4.78, 5) is 18.6. The molecule has 1 aliphatic carbocycles. The molecule has 3 fully saturated rings. The van der Waals surface area contributed by atoms with Crippen molar-refractivity contribution in [3.05, 3.63) is 10.6 Å². The van der Waals surface area contributed by atoms with Crippen LogP contribution in [0.4, 0.5) is 0 Å². The Morgan fingerprint density at radius 1 is 1.39 bits per heavy atom. The Bertz CT molecular complexity index is 588. The molecule has 0 radical (unpaired) electrons. The van der Waals surface area contributed by atoms with Gasteiger partial charge in [0.15, 0.2) is 5.69 Å². The number of ether oxygens (including phenoxy) is 1. The predicted molar refractivity (Wildman–Crippen MR) is 87.8 cm³/mol. The van der Waals surface area contributed by atoms with Crippen LogP contribution in [-0.4, -0.2) is 70.7 Å². The Morgan fingerprint density at radius 3 is 2.96 bits per heavy atom. The van der Waals surface area contributed by atoms with Crippen molar-refractivity contribution in [1.82, 2.24) is 19.4 Å². The quantitative estimate of drug-likeness (QED) is 0.820. The van der Waals surface area contributed by atoms with Gasteiger partial charge < -0.3 is 9.64 Å². The lowest BCUT2D eigenvalue weighted by Gasteiger charge is -2.57. The average Bonchev–Trinajstić information content (AvgIpc) is 3.30. The third-order valence-corrected chi connectivity index (χ3v) is 6.48. The van der Waals surface area contributed by atoms with Crippen LogP contribution in [0.25, 0.3) is 0 Å². The van der Waals surface area contributed by atoms with Gasteiger partial charge in [-0.25, -0.2) is 0 Å². The van der Waals surface area contributed by atoms with Crippen molar-refractivity contribution >= 4 is 17.4 Å². The van der Waals surface area contributed by atoms with Crippen LogP contribution in [0, 0.1) is 0 Å². The summed E-state index contributed by atoms with van der Waals surface area (Å²) in [5.74, 6) is 0.632. The van der Waals surface area contributed by atoms with E-state index in [2.05, 4.69) is 14.5 Å².